The topological polar surface area (TPSA) is 59.5 Å². The van der Waals surface area contributed by atoms with Crippen LogP contribution in [0.25, 0.3) is 10.9 Å². The van der Waals surface area contributed by atoms with E-state index in [1.807, 2.05) is 6.07 Å². The van der Waals surface area contributed by atoms with Crippen molar-refractivity contribution < 1.29 is 9.47 Å². The monoisotopic (exact) mass is 396 g/mol. The third-order valence-electron chi connectivity index (χ3n) is 4.33. The minimum Gasteiger partial charge on any atom is -0.491 e. The molecule has 122 valence electrons. The van der Waals surface area contributed by atoms with Crippen LogP contribution in [0.2, 0.25) is 0 Å². The van der Waals surface area contributed by atoms with Crippen molar-refractivity contribution in [3.05, 3.63) is 10.5 Å². The van der Waals surface area contributed by atoms with Crippen molar-refractivity contribution in [1.29, 1.82) is 0 Å². The number of ether oxygens (including phenoxy) is 2. The van der Waals surface area contributed by atoms with E-state index in [0.717, 1.165) is 58.4 Å². The summed E-state index contributed by atoms with van der Waals surface area (Å²) in [5.41, 5.74) is 0.847. The highest BCUT2D eigenvalue weighted by Crippen LogP contribution is 2.38. The molecule has 1 aromatic heterocycles. The highest BCUT2D eigenvalue weighted by molar-refractivity contribution is 9.10. The fourth-order valence-electron chi connectivity index (χ4n) is 3.00. The van der Waals surface area contributed by atoms with Gasteiger partial charge in [-0.3, -0.25) is 0 Å². The lowest BCUT2D eigenvalue weighted by Gasteiger charge is -2.33. The predicted molar refractivity (Wildman–Crippen MR) is 97.2 cm³/mol. The number of methoxy groups -OCH3 is 1. The van der Waals surface area contributed by atoms with Crippen LogP contribution in [0.4, 0.5) is 5.82 Å². The normalized spacial score (nSPS) is 17.6. The Morgan fingerprint density at radius 1 is 1.48 bits per heavy atom. The van der Waals surface area contributed by atoms with Gasteiger partial charge in [0.25, 0.3) is 0 Å². The number of anilines is 1. The van der Waals surface area contributed by atoms with Crippen molar-refractivity contribution in [2.75, 3.05) is 44.8 Å². The number of halogens is 1. The summed E-state index contributed by atoms with van der Waals surface area (Å²) in [5, 5.41) is 5.27. The van der Waals surface area contributed by atoms with E-state index in [0.29, 0.717) is 18.5 Å². The largest absolute Gasteiger partial charge is 0.491 e. The fraction of sp³-hybridized carbons (Fsp3) is 0.467. The summed E-state index contributed by atoms with van der Waals surface area (Å²) in [6.07, 6.45) is 0. The molecule has 0 amide bonds. The van der Waals surface area contributed by atoms with E-state index in [-0.39, 0.29) is 0 Å². The van der Waals surface area contributed by atoms with Crippen molar-refractivity contribution >= 4 is 47.2 Å². The molecule has 4 rings (SSSR count). The molecular formula is C15H18BrN4O2P. The zero-order valence-corrected chi connectivity index (χ0v) is 15.5. The van der Waals surface area contributed by atoms with Crippen molar-refractivity contribution in [2.24, 2.45) is 5.92 Å². The average Bonchev–Trinajstić information content (AvgIpc) is 2.68. The predicted octanol–water partition coefficient (Wildman–Crippen LogP) is 1.32. The van der Waals surface area contributed by atoms with E-state index >= 15 is 0 Å². The summed E-state index contributed by atoms with van der Waals surface area (Å²) in [7, 11) is 4.34. The third-order valence-corrected chi connectivity index (χ3v) is 5.99. The van der Waals surface area contributed by atoms with Crippen LogP contribution in [0.5, 0.6) is 11.8 Å². The van der Waals surface area contributed by atoms with Gasteiger partial charge < -0.3 is 19.7 Å². The smallest absolute Gasteiger partial charge is 0.318 e. The van der Waals surface area contributed by atoms with Crippen LogP contribution in [-0.4, -0.2) is 49.9 Å². The highest BCUT2D eigenvalue weighted by atomic mass is 79.9. The minimum atomic E-state index is 0.388. The summed E-state index contributed by atoms with van der Waals surface area (Å²) in [4.78, 5) is 11.5. The fourth-order valence-corrected chi connectivity index (χ4v) is 3.69. The molecule has 0 radical (unpaired) electrons. The Morgan fingerprint density at radius 3 is 3.00 bits per heavy atom. The Labute approximate surface area is 145 Å². The van der Waals surface area contributed by atoms with Gasteiger partial charge in [-0.25, -0.2) is 0 Å². The molecule has 1 saturated heterocycles. The lowest BCUT2D eigenvalue weighted by molar-refractivity contribution is 0.313. The molecule has 3 heterocycles. The van der Waals surface area contributed by atoms with Gasteiger partial charge in [-0.1, -0.05) is 0 Å². The number of nitrogens with one attached hydrogen (secondary N) is 1. The van der Waals surface area contributed by atoms with Crippen LogP contribution in [0, 0.1) is 5.92 Å². The molecule has 1 aromatic carbocycles. The third kappa shape index (κ3) is 2.65. The van der Waals surface area contributed by atoms with Crippen molar-refractivity contribution in [2.45, 2.75) is 0 Å². The van der Waals surface area contributed by atoms with E-state index in [1.54, 1.807) is 7.11 Å². The van der Waals surface area contributed by atoms with Gasteiger partial charge in [0.15, 0.2) is 0 Å². The Hall–Kier alpha value is -1.17. The van der Waals surface area contributed by atoms with Gasteiger partial charge in [0.2, 0.25) is 0 Å². The lowest BCUT2D eigenvalue weighted by Crippen LogP contribution is -2.49. The first-order chi connectivity index (χ1) is 11.2. The van der Waals surface area contributed by atoms with E-state index in [2.05, 4.69) is 45.4 Å². The Morgan fingerprint density at radius 2 is 2.30 bits per heavy atom. The molecule has 1 fully saturated rings. The zero-order valence-electron chi connectivity index (χ0n) is 12.8. The number of rotatable bonds is 3. The first-order valence-corrected chi connectivity index (χ1v) is 8.96. The summed E-state index contributed by atoms with van der Waals surface area (Å²) in [6, 6.07) is 2.39. The zero-order chi connectivity index (χ0) is 16.0. The molecular weight excluding hydrogens is 379 g/mol. The maximum atomic E-state index is 5.98. The molecule has 2 aliphatic rings. The number of aromatic nitrogens is 2. The van der Waals surface area contributed by atoms with Crippen molar-refractivity contribution in [3.8, 4) is 11.8 Å². The van der Waals surface area contributed by atoms with Crippen LogP contribution in [0.1, 0.15) is 0 Å². The van der Waals surface area contributed by atoms with Gasteiger partial charge in [0, 0.05) is 35.3 Å². The number of hydrogen-bond donors (Lipinski definition) is 1. The first-order valence-electron chi connectivity index (χ1n) is 7.59. The summed E-state index contributed by atoms with van der Waals surface area (Å²) >= 11 is 3.58. The van der Waals surface area contributed by atoms with Gasteiger partial charge >= 0.3 is 6.01 Å². The van der Waals surface area contributed by atoms with Gasteiger partial charge in [-0.15, -0.1) is 9.24 Å². The second kappa shape index (κ2) is 6.04. The van der Waals surface area contributed by atoms with Gasteiger partial charge in [-0.2, -0.15) is 9.97 Å². The highest BCUT2D eigenvalue weighted by Gasteiger charge is 2.27. The van der Waals surface area contributed by atoms with Crippen molar-refractivity contribution in [3.63, 3.8) is 0 Å². The first kappa shape index (κ1) is 15.4. The summed E-state index contributed by atoms with van der Waals surface area (Å²) in [6.45, 7) is 4.53. The number of nitrogens with zero attached hydrogens (tertiary/aromatic N) is 3. The number of hydrogen-bond acceptors (Lipinski definition) is 6. The van der Waals surface area contributed by atoms with Gasteiger partial charge in [-0.05, 0) is 22.0 Å². The number of benzene rings is 1. The van der Waals surface area contributed by atoms with Crippen LogP contribution >= 0.6 is 25.2 Å². The van der Waals surface area contributed by atoms with Crippen LogP contribution < -0.4 is 25.0 Å². The quantitative estimate of drug-likeness (QED) is 0.789. The molecule has 2 aromatic rings. The second-order valence-electron chi connectivity index (χ2n) is 5.85. The lowest BCUT2D eigenvalue weighted by atomic mass is 10.0. The van der Waals surface area contributed by atoms with Crippen LogP contribution in [0.15, 0.2) is 10.5 Å². The SMILES string of the molecule is COc1nc2c3c(cc(Br)c(P)c3n1)OCCN2CC1CNC1. The Balaban J connectivity index is 1.92. The summed E-state index contributed by atoms with van der Waals surface area (Å²) < 4.78 is 12.3. The minimum absolute atomic E-state index is 0.388. The Kier molecular flexibility index (Phi) is 4.03. The molecule has 0 saturated carbocycles. The average molecular weight is 397 g/mol. The molecule has 1 unspecified atom stereocenters. The van der Waals surface area contributed by atoms with Crippen LogP contribution in [-0.2, 0) is 0 Å². The Bertz CT molecular complexity index is 769. The van der Waals surface area contributed by atoms with E-state index in [4.69, 9.17) is 9.47 Å². The van der Waals surface area contributed by atoms with Gasteiger partial charge in [0.1, 0.15) is 18.2 Å². The summed E-state index contributed by atoms with van der Waals surface area (Å²) in [5.74, 6) is 2.38. The molecule has 0 spiro atoms. The van der Waals surface area contributed by atoms with Crippen LogP contribution in [0.3, 0.4) is 0 Å². The maximum Gasteiger partial charge on any atom is 0.318 e. The van der Waals surface area contributed by atoms with E-state index < -0.39 is 0 Å². The standard InChI is InChI=1S/C15H18BrN4O2P/c1-21-15-18-12-11-10(4-9(16)13(12)23)22-3-2-20(14(11)19-15)7-8-5-17-6-8/h4,8,17H,2-3,5-7,23H2,1H3. The molecule has 0 bridgehead atoms. The molecule has 8 heteroatoms. The maximum absolute atomic E-state index is 5.98. The van der Waals surface area contributed by atoms with E-state index in [9.17, 15) is 0 Å². The van der Waals surface area contributed by atoms with Crippen molar-refractivity contribution in [1.82, 2.24) is 15.3 Å². The molecule has 2 aliphatic heterocycles. The second-order valence-corrected chi connectivity index (χ2v) is 7.28. The van der Waals surface area contributed by atoms with Gasteiger partial charge in [0.05, 0.1) is 24.6 Å². The van der Waals surface area contributed by atoms with E-state index in [1.165, 1.54) is 0 Å². The molecule has 0 aliphatic carbocycles. The molecule has 1 atom stereocenters. The molecule has 1 N–H and O–H groups in total. The molecule has 6 nitrogen and oxygen atoms in total. The molecule has 23 heavy (non-hydrogen) atoms.